The highest BCUT2D eigenvalue weighted by Gasteiger charge is 2.18. The van der Waals surface area contributed by atoms with E-state index in [1.54, 1.807) is 7.11 Å². The van der Waals surface area contributed by atoms with Gasteiger partial charge in [-0.3, -0.25) is 4.90 Å². The largest absolute Gasteiger partial charge is 0.491 e. The number of hydrogen-bond donors (Lipinski definition) is 1. The molecule has 0 spiro atoms. The summed E-state index contributed by atoms with van der Waals surface area (Å²) in [7, 11) is 1.63. The van der Waals surface area contributed by atoms with Crippen LogP contribution in [0.3, 0.4) is 0 Å². The molecule has 0 saturated heterocycles. The predicted molar refractivity (Wildman–Crippen MR) is 112 cm³/mol. The highest BCUT2D eigenvalue weighted by Crippen LogP contribution is 2.18. The SMILES string of the molecule is COCCOc1ccc(OCC(O)CN(Cc2ccccc2)C(C)CC#N)cc1. The van der Waals surface area contributed by atoms with Crippen LogP contribution in [-0.2, 0) is 11.3 Å². The van der Waals surface area contributed by atoms with Gasteiger partial charge in [0.2, 0.25) is 0 Å². The molecule has 6 nitrogen and oxygen atoms in total. The van der Waals surface area contributed by atoms with Crippen molar-refractivity contribution < 1.29 is 19.3 Å². The lowest BCUT2D eigenvalue weighted by Gasteiger charge is -2.29. The summed E-state index contributed by atoms with van der Waals surface area (Å²) in [6, 6.07) is 19.6. The first-order chi connectivity index (χ1) is 14.1. The summed E-state index contributed by atoms with van der Waals surface area (Å²) in [6.07, 6.45) is -0.261. The Morgan fingerprint density at radius 3 is 2.28 bits per heavy atom. The molecular formula is C23H30N2O4. The number of nitrogens with zero attached hydrogens (tertiary/aromatic N) is 2. The summed E-state index contributed by atoms with van der Waals surface area (Å²) < 4.78 is 16.2. The second kappa shape index (κ2) is 12.8. The molecule has 6 heteroatoms. The first-order valence-corrected chi connectivity index (χ1v) is 9.80. The van der Waals surface area contributed by atoms with Crippen molar-refractivity contribution in [3.8, 4) is 17.6 Å². The van der Waals surface area contributed by atoms with Crippen molar-refractivity contribution in [3.63, 3.8) is 0 Å². The quantitative estimate of drug-likeness (QED) is 0.522. The van der Waals surface area contributed by atoms with Crippen molar-refractivity contribution in [2.45, 2.75) is 32.0 Å². The number of methoxy groups -OCH3 is 1. The monoisotopic (exact) mass is 398 g/mol. The maximum absolute atomic E-state index is 10.5. The Hall–Kier alpha value is -2.59. The Morgan fingerprint density at radius 2 is 1.66 bits per heavy atom. The van der Waals surface area contributed by atoms with Crippen LogP contribution in [0.25, 0.3) is 0 Å². The first kappa shape index (κ1) is 22.7. The Bertz CT molecular complexity index is 731. The third kappa shape index (κ3) is 8.53. The van der Waals surface area contributed by atoms with Crippen molar-refractivity contribution in [3.05, 3.63) is 60.2 Å². The van der Waals surface area contributed by atoms with E-state index in [1.165, 1.54) is 0 Å². The average Bonchev–Trinajstić information content (AvgIpc) is 2.74. The maximum atomic E-state index is 10.5. The topological polar surface area (TPSA) is 75.0 Å². The number of ether oxygens (including phenoxy) is 3. The number of nitriles is 1. The van der Waals surface area contributed by atoms with Crippen molar-refractivity contribution in [2.24, 2.45) is 0 Å². The minimum absolute atomic E-state index is 0.0402. The molecule has 2 aromatic carbocycles. The number of benzene rings is 2. The fraction of sp³-hybridized carbons (Fsp3) is 0.435. The van der Waals surface area contributed by atoms with Crippen LogP contribution in [0.5, 0.6) is 11.5 Å². The Morgan fingerprint density at radius 1 is 1.00 bits per heavy atom. The molecule has 0 fully saturated rings. The van der Waals surface area contributed by atoms with Gasteiger partial charge in [-0.2, -0.15) is 5.26 Å². The molecule has 2 aromatic rings. The van der Waals surface area contributed by atoms with Crippen molar-refractivity contribution >= 4 is 0 Å². The molecule has 0 aliphatic heterocycles. The van der Waals surface area contributed by atoms with Gasteiger partial charge in [0.15, 0.2) is 0 Å². The number of aliphatic hydroxyl groups is 1. The molecule has 0 heterocycles. The third-order valence-electron chi connectivity index (χ3n) is 4.51. The van der Waals surface area contributed by atoms with Crippen molar-refractivity contribution in [1.82, 2.24) is 4.90 Å². The molecule has 0 aliphatic carbocycles. The number of hydrogen-bond acceptors (Lipinski definition) is 6. The molecule has 2 atom stereocenters. The van der Waals surface area contributed by atoms with Gasteiger partial charge in [-0.15, -0.1) is 0 Å². The molecule has 29 heavy (non-hydrogen) atoms. The zero-order valence-corrected chi connectivity index (χ0v) is 17.2. The summed E-state index contributed by atoms with van der Waals surface area (Å²) in [4.78, 5) is 2.11. The van der Waals surface area contributed by atoms with Crippen LogP contribution >= 0.6 is 0 Å². The lowest BCUT2D eigenvalue weighted by molar-refractivity contribution is 0.0520. The maximum Gasteiger partial charge on any atom is 0.119 e. The summed E-state index contributed by atoms with van der Waals surface area (Å²) in [5.74, 6) is 1.41. The van der Waals surface area contributed by atoms with Gasteiger partial charge in [-0.05, 0) is 36.8 Å². The van der Waals surface area contributed by atoms with Crippen molar-refractivity contribution in [2.75, 3.05) is 33.5 Å². The minimum atomic E-state index is -0.669. The van der Waals surface area contributed by atoms with Gasteiger partial charge < -0.3 is 19.3 Å². The van der Waals surface area contributed by atoms with Gasteiger partial charge in [-0.1, -0.05) is 30.3 Å². The molecule has 0 saturated carbocycles. The summed E-state index contributed by atoms with van der Waals surface area (Å²) >= 11 is 0. The van der Waals surface area contributed by atoms with E-state index in [1.807, 2.05) is 61.5 Å². The zero-order valence-electron chi connectivity index (χ0n) is 17.2. The Labute approximate surface area is 173 Å². The van der Waals surface area contributed by atoms with Crippen LogP contribution in [0.15, 0.2) is 54.6 Å². The zero-order chi connectivity index (χ0) is 20.9. The molecule has 156 valence electrons. The van der Waals surface area contributed by atoms with Gasteiger partial charge in [-0.25, -0.2) is 0 Å². The highest BCUT2D eigenvalue weighted by atomic mass is 16.5. The molecular weight excluding hydrogens is 368 g/mol. The minimum Gasteiger partial charge on any atom is -0.491 e. The Kier molecular flexibility index (Phi) is 10.0. The number of rotatable bonds is 13. The van der Waals surface area contributed by atoms with E-state index in [-0.39, 0.29) is 12.6 Å². The van der Waals surface area contributed by atoms with Crippen LogP contribution in [0, 0.1) is 11.3 Å². The molecule has 0 aromatic heterocycles. The fourth-order valence-electron chi connectivity index (χ4n) is 2.87. The predicted octanol–water partition coefficient (Wildman–Crippen LogP) is 3.26. The van der Waals surface area contributed by atoms with Gasteiger partial charge in [0.05, 0.1) is 19.1 Å². The van der Waals surface area contributed by atoms with Gasteiger partial charge >= 0.3 is 0 Å². The average molecular weight is 399 g/mol. The van der Waals surface area contributed by atoms with E-state index in [0.29, 0.717) is 38.5 Å². The standard InChI is InChI=1S/C23H30N2O4/c1-19(12-13-24)25(16-20-6-4-3-5-7-20)17-21(26)18-29-23-10-8-22(9-11-23)28-15-14-27-2/h3-11,19,21,26H,12,14-18H2,1-2H3. The molecule has 0 amide bonds. The lowest BCUT2D eigenvalue weighted by atomic mass is 10.1. The Balaban J connectivity index is 1.85. The first-order valence-electron chi connectivity index (χ1n) is 9.80. The number of aliphatic hydroxyl groups excluding tert-OH is 1. The molecule has 2 rings (SSSR count). The van der Waals surface area contributed by atoms with Gasteiger partial charge in [0.1, 0.15) is 30.8 Å². The van der Waals surface area contributed by atoms with E-state index in [4.69, 9.17) is 19.5 Å². The van der Waals surface area contributed by atoms with Crippen LogP contribution < -0.4 is 9.47 Å². The van der Waals surface area contributed by atoms with Crippen LogP contribution in [0.2, 0.25) is 0 Å². The lowest BCUT2D eigenvalue weighted by Crippen LogP contribution is -2.40. The molecule has 2 unspecified atom stereocenters. The summed E-state index contributed by atoms with van der Waals surface area (Å²) in [5, 5.41) is 19.5. The van der Waals surface area contributed by atoms with Gasteiger partial charge in [0.25, 0.3) is 0 Å². The molecule has 0 radical (unpaired) electrons. The highest BCUT2D eigenvalue weighted by molar-refractivity contribution is 5.31. The van der Waals surface area contributed by atoms with E-state index in [2.05, 4.69) is 11.0 Å². The summed E-state index contributed by atoms with van der Waals surface area (Å²) in [5.41, 5.74) is 1.15. The second-order valence-electron chi connectivity index (χ2n) is 6.90. The molecule has 0 bridgehead atoms. The van der Waals surface area contributed by atoms with Crippen molar-refractivity contribution in [1.29, 1.82) is 5.26 Å². The molecule has 1 N–H and O–H groups in total. The normalized spacial score (nSPS) is 12.9. The van der Waals surface area contributed by atoms with E-state index >= 15 is 0 Å². The smallest absolute Gasteiger partial charge is 0.119 e. The second-order valence-corrected chi connectivity index (χ2v) is 6.90. The summed E-state index contributed by atoms with van der Waals surface area (Å²) in [6.45, 7) is 4.31. The van der Waals surface area contributed by atoms with E-state index in [0.717, 1.165) is 11.3 Å². The van der Waals surface area contributed by atoms with Gasteiger partial charge in [0, 0.05) is 26.2 Å². The van der Waals surface area contributed by atoms with Crippen LogP contribution in [0.4, 0.5) is 0 Å². The van der Waals surface area contributed by atoms with E-state index in [9.17, 15) is 5.11 Å². The fourth-order valence-corrected chi connectivity index (χ4v) is 2.87. The molecule has 0 aliphatic rings. The van der Waals surface area contributed by atoms with Crippen LogP contribution in [0.1, 0.15) is 18.9 Å². The van der Waals surface area contributed by atoms with Crippen LogP contribution in [-0.4, -0.2) is 55.6 Å². The third-order valence-corrected chi connectivity index (χ3v) is 4.51. The van der Waals surface area contributed by atoms with E-state index < -0.39 is 6.10 Å².